The van der Waals surface area contributed by atoms with Crippen molar-refractivity contribution in [1.82, 2.24) is 4.98 Å². The second kappa shape index (κ2) is 4.42. The predicted molar refractivity (Wildman–Crippen MR) is 57.3 cm³/mol. The minimum Gasteiger partial charge on any atom is -0.481 e. The van der Waals surface area contributed by atoms with E-state index in [1.165, 1.54) is 0 Å². The molecule has 1 rings (SSSR count). The lowest BCUT2D eigenvalue weighted by atomic mass is 9.98. The number of methoxy groups -OCH3 is 1. The summed E-state index contributed by atoms with van der Waals surface area (Å²) in [5.41, 5.74) is 7.97. The highest BCUT2D eigenvalue weighted by Gasteiger charge is 2.16. The fourth-order valence-corrected chi connectivity index (χ4v) is 1.32. The summed E-state index contributed by atoms with van der Waals surface area (Å²) in [6.45, 7) is 6.11. The van der Waals surface area contributed by atoms with E-state index in [1.807, 2.05) is 19.1 Å². The molecule has 0 fully saturated rings. The highest BCUT2D eigenvalue weighted by Crippen LogP contribution is 2.26. The SMILES string of the molecule is COc1nc(C)ccc1[C@H](N)C(C)C. The summed E-state index contributed by atoms with van der Waals surface area (Å²) in [6, 6.07) is 3.93. The van der Waals surface area contributed by atoms with Crippen LogP contribution in [0.5, 0.6) is 5.88 Å². The Labute approximate surface area is 85.3 Å². The molecule has 0 aliphatic rings. The first kappa shape index (κ1) is 11.0. The molecule has 0 aromatic carbocycles. The fourth-order valence-electron chi connectivity index (χ4n) is 1.32. The summed E-state index contributed by atoms with van der Waals surface area (Å²) in [4.78, 5) is 4.29. The minimum atomic E-state index is -0.0157. The molecule has 0 aliphatic carbocycles. The average molecular weight is 194 g/mol. The maximum Gasteiger partial charge on any atom is 0.218 e. The second-order valence-corrected chi connectivity index (χ2v) is 3.82. The summed E-state index contributed by atoms with van der Waals surface area (Å²) in [6.07, 6.45) is 0. The van der Waals surface area contributed by atoms with E-state index in [1.54, 1.807) is 7.11 Å². The third kappa shape index (κ3) is 2.23. The zero-order valence-corrected chi connectivity index (χ0v) is 9.24. The van der Waals surface area contributed by atoms with E-state index >= 15 is 0 Å². The standard InChI is InChI=1S/C11H18N2O/c1-7(2)10(12)9-6-5-8(3)13-11(9)14-4/h5-7,10H,12H2,1-4H3/t10-/m1/s1. The van der Waals surface area contributed by atoms with E-state index in [0.29, 0.717) is 11.8 Å². The van der Waals surface area contributed by atoms with E-state index in [4.69, 9.17) is 10.5 Å². The topological polar surface area (TPSA) is 48.1 Å². The van der Waals surface area contributed by atoms with Gasteiger partial charge in [-0.3, -0.25) is 0 Å². The van der Waals surface area contributed by atoms with Crippen LogP contribution in [0.2, 0.25) is 0 Å². The van der Waals surface area contributed by atoms with Gasteiger partial charge in [-0.05, 0) is 18.9 Å². The Balaban J connectivity index is 3.07. The van der Waals surface area contributed by atoms with Gasteiger partial charge in [0.25, 0.3) is 0 Å². The van der Waals surface area contributed by atoms with Crippen LogP contribution in [0, 0.1) is 12.8 Å². The monoisotopic (exact) mass is 194 g/mol. The van der Waals surface area contributed by atoms with Crippen molar-refractivity contribution in [3.8, 4) is 5.88 Å². The van der Waals surface area contributed by atoms with Crippen molar-refractivity contribution in [2.75, 3.05) is 7.11 Å². The molecule has 0 saturated heterocycles. The maximum atomic E-state index is 6.04. The van der Waals surface area contributed by atoms with E-state index in [0.717, 1.165) is 11.3 Å². The Bertz CT molecular complexity index is 310. The van der Waals surface area contributed by atoms with E-state index in [2.05, 4.69) is 18.8 Å². The van der Waals surface area contributed by atoms with Gasteiger partial charge in [-0.25, -0.2) is 4.98 Å². The minimum absolute atomic E-state index is 0.0157. The molecular formula is C11H18N2O. The maximum absolute atomic E-state index is 6.04. The predicted octanol–water partition coefficient (Wildman–Crippen LogP) is 2.05. The van der Waals surface area contributed by atoms with Gasteiger partial charge in [0.05, 0.1) is 7.11 Å². The van der Waals surface area contributed by atoms with Gasteiger partial charge in [-0.15, -0.1) is 0 Å². The molecule has 0 aliphatic heterocycles. The van der Waals surface area contributed by atoms with Crippen LogP contribution >= 0.6 is 0 Å². The van der Waals surface area contributed by atoms with Gasteiger partial charge in [0, 0.05) is 17.3 Å². The van der Waals surface area contributed by atoms with Gasteiger partial charge in [-0.2, -0.15) is 0 Å². The molecule has 1 heterocycles. The summed E-state index contributed by atoms with van der Waals surface area (Å²) < 4.78 is 5.21. The van der Waals surface area contributed by atoms with Gasteiger partial charge in [0.1, 0.15) is 0 Å². The van der Waals surface area contributed by atoms with Gasteiger partial charge in [0.2, 0.25) is 5.88 Å². The van der Waals surface area contributed by atoms with Crippen LogP contribution in [0.3, 0.4) is 0 Å². The lowest BCUT2D eigenvalue weighted by Crippen LogP contribution is -2.18. The summed E-state index contributed by atoms with van der Waals surface area (Å²) >= 11 is 0. The van der Waals surface area contributed by atoms with Crippen molar-refractivity contribution in [2.24, 2.45) is 11.7 Å². The largest absolute Gasteiger partial charge is 0.481 e. The van der Waals surface area contributed by atoms with Crippen molar-refractivity contribution in [3.63, 3.8) is 0 Å². The number of nitrogens with two attached hydrogens (primary N) is 1. The highest BCUT2D eigenvalue weighted by molar-refractivity contribution is 5.31. The number of hydrogen-bond donors (Lipinski definition) is 1. The van der Waals surface area contributed by atoms with Crippen molar-refractivity contribution in [1.29, 1.82) is 0 Å². The van der Waals surface area contributed by atoms with E-state index in [-0.39, 0.29) is 6.04 Å². The number of pyridine rings is 1. The van der Waals surface area contributed by atoms with E-state index in [9.17, 15) is 0 Å². The smallest absolute Gasteiger partial charge is 0.218 e. The third-order valence-electron chi connectivity index (χ3n) is 2.30. The highest BCUT2D eigenvalue weighted by atomic mass is 16.5. The zero-order valence-electron chi connectivity index (χ0n) is 9.24. The molecule has 0 spiro atoms. The molecule has 78 valence electrons. The second-order valence-electron chi connectivity index (χ2n) is 3.82. The van der Waals surface area contributed by atoms with Crippen LogP contribution in [-0.4, -0.2) is 12.1 Å². The zero-order chi connectivity index (χ0) is 10.7. The average Bonchev–Trinajstić information content (AvgIpc) is 2.16. The molecule has 14 heavy (non-hydrogen) atoms. The molecule has 0 amide bonds. The third-order valence-corrected chi connectivity index (χ3v) is 2.30. The molecule has 1 atom stereocenters. The number of aryl methyl sites for hydroxylation is 1. The fraction of sp³-hybridized carbons (Fsp3) is 0.545. The first-order valence-corrected chi connectivity index (χ1v) is 4.83. The van der Waals surface area contributed by atoms with Crippen LogP contribution in [-0.2, 0) is 0 Å². The molecule has 2 N–H and O–H groups in total. The van der Waals surface area contributed by atoms with Gasteiger partial charge in [-0.1, -0.05) is 19.9 Å². The molecular weight excluding hydrogens is 176 g/mol. The van der Waals surface area contributed by atoms with Crippen LogP contribution in [0.15, 0.2) is 12.1 Å². The van der Waals surface area contributed by atoms with Crippen LogP contribution in [0.1, 0.15) is 31.1 Å². The number of aromatic nitrogens is 1. The molecule has 3 nitrogen and oxygen atoms in total. The van der Waals surface area contributed by atoms with Crippen molar-refractivity contribution in [3.05, 3.63) is 23.4 Å². The molecule has 3 heteroatoms. The molecule has 0 saturated carbocycles. The Morgan fingerprint density at radius 3 is 2.50 bits per heavy atom. The first-order valence-electron chi connectivity index (χ1n) is 4.83. The molecule has 0 unspecified atom stereocenters. The van der Waals surface area contributed by atoms with Crippen LogP contribution in [0.25, 0.3) is 0 Å². The summed E-state index contributed by atoms with van der Waals surface area (Å²) in [7, 11) is 1.62. The van der Waals surface area contributed by atoms with Gasteiger partial charge < -0.3 is 10.5 Å². The van der Waals surface area contributed by atoms with Gasteiger partial charge >= 0.3 is 0 Å². The Hall–Kier alpha value is -1.09. The lowest BCUT2D eigenvalue weighted by molar-refractivity contribution is 0.379. The number of hydrogen-bond acceptors (Lipinski definition) is 3. The van der Waals surface area contributed by atoms with Crippen molar-refractivity contribution >= 4 is 0 Å². The summed E-state index contributed by atoms with van der Waals surface area (Å²) in [5, 5.41) is 0. The van der Waals surface area contributed by atoms with Crippen LogP contribution in [0.4, 0.5) is 0 Å². The molecule has 0 radical (unpaired) electrons. The number of rotatable bonds is 3. The Morgan fingerprint density at radius 1 is 1.36 bits per heavy atom. The number of ether oxygens (including phenoxy) is 1. The quantitative estimate of drug-likeness (QED) is 0.801. The molecule has 1 aromatic rings. The Morgan fingerprint density at radius 2 is 2.00 bits per heavy atom. The lowest BCUT2D eigenvalue weighted by Gasteiger charge is -2.18. The Kier molecular flexibility index (Phi) is 3.47. The van der Waals surface area contributed by atoms with E-state index < -0.39 is 0 Å². The first-order chi connectivity index (χ1) is 6.56. The molecule has 0 bridgehead atoms. The normalized spacial score (nSPS) is 13.0. The molecule has 1 aromatic heterocycles. The van der Waals surface area contributed by atoms with Crippen molar-refractivity contribution < 1.29 is 4.74 Å². The summed E-state index contributed by atoms with van der Waals surface area (Å²) in [5.74, 6) is 1.03. The van der Waals surface area contributed by atoms with Crippen LogP contribution < -0.4 is 10.5 Å². The van der Waals surface area contributed by atoms with Gasteiger partial charge in [0.15, 0.2) is 0 Å². The number of nitrogens with zero attached hydrogens (tertiary/aromatic N) is 1. The van der Waals surface area contributed by atoms with Crippen molar-refractivity contribution in [2.45, 2.75) is 26.8 Å².